The lowest BCUT2D eigenvalue weighted by atomic mass is 10.1. The maximum absolute atomic E-state index is 8.90. The molecule has 0 amide bonds. The summed E-state index contributed by atoms with van der Waals surface area (Å²) in [4.78, 5) is 0. The summed E-state index contributed by atoms with van der Waals surface area (Å²) in [7, 11) is 0. The lowest BCUT2D eigenvalue weighted by Crippen LogP contribution is -1.95. The van der Waals surface area contributed by atoms with E-state index >= 15 is 0 Å². The molecule has 72 valence electrons. The molecule has 0 aromatic carbocycles. The smallest absolute Gasteiger partial charge is 0.0621 e. The van der Waals surface area contributed by atoms with Gasteiger partial charge in [0.1, 0.15) is 0 Å². The standard InChI is InChI=1S/C12H18O/c1-3-4-5-6-7-8-9-10-11-12(2)13/h1,12-13H,4-8,11H2,2H3/t12-/m0/s1. The number of aliphatic hydroxyl groups excluding tert-OH is 1. The van der Waals surface area contributed by atoms with E-state index in [4.69, 9.17) is 11.5 Å². The second-order valence-corrected chi connectivity index (χ2v) is 3.17. The van der Waals surface area contributed by atoms with Gasteiger partial charge in [0.25, 0.3) is 0 Å². The first-order chi connectivity index (χ1) is 6.27. The highest BCUT2D eigenvalue weighted by atomic mass is 16.3. The minimum Gasteiger partial charge on any atom is -0.392 e. The van der Waals surface area contributed by atoms with Gasteiger partial charge >= 0.3 is 0 Å². The summed E-state index contributed by atoms with van der Waals surface area (Å²) < 4.78 is 0. The van der Waals surface area contributed by atoms with Gasteiger partial charge in [-0.3, -0.25) is 0 Å². The molecule has 0 aliphatic heterocycles. The Hall–Kier alpha value is -0.920. The molecule has 0 radical (unpaired) electrons. The Morgan fingerprint density at radius 2 is 1.85 bits per heavy atom. The Bertz CT molecular complexity index is 199. The molecule has 0 bridgehead atoms. The summed E-state index contributed by atoms with van der Waals surface area (Å²) in [5.74, 6) is 8.58. The molecule has 0 spiro atoms. The molecule has 0 saturated carbocycles. The Balaban J connectivity index is 3.14. The highest BCUT2D eigenvalue weighted by molar-refractivity contribution is 4.99. The summed E-state index contributed by atoms with van der Waals surface area (Å²) in [5.41, 5.74) is 0. The topological polar surface area (TPSA) is 20.2 Å². The molecule has 0 aliphatic rings. The van der Waals surface area contributed by atoms with Gasteiger partial charge in [0, 0.05) is 19.3 Å². The van der Waals surface area contributed by atoms with Gasteiger partial charge in [0.2, 0.25) is 0 Å². The van der Waals surface area contributed by atoms with Crippen LogP contribution in [0.1, 0.15) is 45.4 Å². The van der Waals surface area contributed by atoms with E-state index in [0.29, 0.717) is 6.42 Å². The van der Waals surface area contributed by atoms with Crippen LogP contribution in [0.4, 0.5) is 0 Å². The van der Waals surface area contributed by atoms with Crippen LogP contribution in [0.15, 0.2) is 0 Å². The number of terminal acetylenes is 1. The van der Waals surface area contributed by atoms with Crippen LogP contribution < -0.4 is 0 Å². The predicted octanol–water partition coefficient (Wildman–Crippen LogP) is 2.34. The third kappa shape index (κ3) is 11.1. The molecule has 0 heterocycles. The van der Waals surface area contributed by atoms with Gasteiger partial charge < -0.3 is 5.11 Å². The van der Waals surface area contributed by atoms with Crippen molar-refractivity contribution in [1.29, 1.82) is 0 Å². The van der Waals surface area contributed by atoms with Crippen molar-refractivity contribution in [2.75, 3.05) is 0 Å². The summed E-state index contributed by atoms with van der Waals surface area (Å²) >= 11 is 0. The van der Waals surface area contributed by atoms with E-state index < -0.39 is 0 Å². The Morgan fingerprint density at radius 3 is 2.46 bits per heavy atom. The molecule has 0 aliphatic carbocycles. The van der Waals surface area contributed by atoms with E-state index in [0.717, 1.165) is 32.1 Å². The summed E-state index contributed by atoms with van der Waals surface area (Å²) in [6, 6.07) is 0. The number of unbranched alkanes of at least 4 members (excludes halogenated alkanes) is 4. The van der Waals surface area contributed by atoms with Gasteiger partial charge in [0.05, 0.1) is 6.10 Å². The number of rotatable bonds is 5. The molecule has 0 saturated heterocycles. The molecule has 1 nitrogen and oxygen atoms in total. The third-order valence-electron chi connectivity index (χ3n) is 1.65. The zero-order valence-electron chi connectivity index (χ0n) is 8.34. The van der Waals surface area contributed by atoms with E-state index in [9.17, 15) is 0 Å². The van der Waals surface area contributed by atoms with Crippen LogP contribution in [0.5, 0.6) is 0 Å². The molecular formula is C12H18O. The maximum Gasteiger partial charge on any atom is 0.0621 e. The highest BCUT2D eigenvalue weighted by Gasteiger charge is 1.88. The summed E-state index contributed by atoms with van der Waals surface area (Å²) in [5, 5.41) is 8.90. The van der Waals surface area contributed by atoms with E-state index in [1.165, 1.54) is 0 Å². The van der Waals surface area contributed by atoms with Crippen LogP contribution >= 0.6 is 0 Å². The first-order valence-corrected chi connectivity index (χ1v) is 4.84. The average molecular weight is 178 g/mol. The molecule has 0 aromatic rings. The number of aliphatic hydroxyl groups is 1. The minimum atomic E-state index is -0.297. The average Bonchev–Trinajstić information content (AvgIpc) is 2.09. The van der Waals surface area contributed by atoms with Crippen molar-refractivity contribution in [2.45, 2.75) is 51.6 Å². The molecule has 1 N–H and O–H groups in total. The molecule has 1 heteroatoms. The molecule has 0 aromatic heterocycles. The van der Waals surface area contributed by atoms with Gasteiger partial charge in [-0.05, 0) is 19.8 Å². The lowest BCUT2D eigenvalue weighted by Gasteiger charge is -1.94. The minimum absolute atomic E-state index is 0.297. The molecule has 0 unspecified atom stereocenters. The van der Waals surface area contributed by atoms with Crippen LogP contribution in [0.2, 0.25) is 0 Å². The largest absolute Gasteiger partial charge is 0.392 e. The van der Waals surface area contributed by atoms with Crippen molar-refractivity contribution >= 4 is 0 Å². The fourth-order valence-electron chi connectivity index (χ4n) is 0.925. The van der Waals surface area contributed by atoms with Crippen molar-refractivity contribution in [2.24, 2.45) is 0 Å². The molecular weight excluding hydrogens is 160 g/mol. The van der Waals surface area contributed by atoms with Crippen LogP contribution in [-0.2, 0) is 0 Å². The van der Waals surface area contributed by atoms with Crippen LogP contribution in [-0.4, -0.2) is 11.2 Å². The first kappa shape index (κ1) is 12.1. The van der Waals surface area contributed by atoms with Crippen molar-refractivity contribution < 1.29 is 5.11 Å². The summed E-state index contributed by atoms with van der Waals surface area (Å²) in [6.45, 7) is 1.75. The second-order valence-electron chi connectivity index (χ2n) is 3.17. The molecule has 0 rings (SSSR count). The van der Waals surface area contributed by atoms with Crippen molar-refractivity contribution in [3.05, 3.63) is 0 Å². The van der Waals surface area contributed by atoms with Crippen molar-refractivity contribution in [1.82, 2.24) is 0 Å². The van der Waals surface area contributed by atoms with E-state index in [2.05, 4.69) is 17.8 Å². The SMILES string of the molecule is C#CCCCCCC#CC[C@H](C)O. The van der Waals surface area contributed by atoms with Crippen LogP contribution in [0, 0.1) is 24.2 Å². The quantitative estimate of drug-likeness (QED) is 0.506. The molecule has 0 fully saturated rings. The highest BCUT2D eigenvalue weighted by Crippen LogP contribution is 2.01. The number of hydrogen-bond donors (Lipinski definition) is 1. The predicted molar refractivity (Wildman–Crippen MR) is 56.0 cm³/mol. The maximum atomic E-state index is 8.90. The van der Waals surface area contributed by atoms with E-state index in [-0.39, 0.29) is 6.10 Å². The lowest BCUT2D eigenvalue weighted by molar-refractivity contribution is 0.201. The Morgan fingerprint density at radius 1 is 1.15 bits per heavy atom. The molecule has 1 atom stereocenters. The number of hydrogen-bond acceptors (Lipinski definition) is 1. The van der Waals surface area contributed by atoms with Crippen LogP contribution in [0.25, 0.3) is 0 Å². The summed E-state index contributed by atoms with van der Waals surface area (Å²) in [6.07, 6.45) is 10.6. The third-order valence-corrected chi connectivity index (χ3v) is 1.65. The zero-order chi connectivity index (χ0) is 9.94. The first-order valence-electron chi connectivity index (χ1n) is 4.84. The second kappa shape index (κ2) is 9.17. The van der Waals surface area contributed by atoms with Gasteiger partial charge in [0.15, 0.2) is 0 Å². The molecule has 13 heavy (non-hydrogen) atoms. The Labute approximate surface area is 81.5 Å². The fraction of sp³-hybridized carbons (Fsp3) is 0.667. The normalized spacial score (nSPS) is 11.2. The van der Waals surface area contributed by atoms with Crippen LogP contribution in [0.3, 0.4) is 0 Å². The monoisotopic (exact) mass is 178 g/mol. The zero-order valence-corrected chi connectivity index (χ0v) is 8.34. The van der Waals surface area contributed by atoms with Gasteiger partial charge in [-0.2, -0.15) is 0 Å². The Kier molecular flexibility index (Phi) is 8.52. The fourth-order valence-corrected chi connectivity index (χ4v) is 0.925. The van der Waals surface area contributed by atoms with Crippen molar-refractivity contribution in [3.8, 4) is 24.2 Å². The van der Waals surface area contributed by atoms with E-state index in [1.54, 1.807) is 6.92 Å². The van der Waals surface area contributed by atoms with Gasteiger partial charge in [-0.1, -0.05) is 6.42 Å². The van der Waals surface area contributed by atoms with Crippen molar-refractivity contribution in [3.63, 3.8) is 0 Å². The van der Waals surface area contributed by atoms with Gasteiger partial charge in [-0.15, -0.1) is 24.2 Å². The van der Waals surface area contributed by atoms with Gasteiger partial charge in [-0.25, -0.2) is 0 Å². The van der Waals surface area contributed by atoms with E-state index in [1.807, 2.05) is 0 Å².